The van der Waals surface area contributed by atoms with Crippen LogP contribution in [0.5, 0.6) is 0 Å². The van der Waals surface area contributed by atoms with Crippen LogP contribution in [-0.4, -0.2) is 57.5 Å². The molecule has 0 bridgehead atoms. The average Bonchev–Trinajstić information content (AvgIpc) is 3.19. The van der Waals surface area contributed by atoms with Crippen LogP contribution in [0.25, 0.3) is 0 Å². The van der Waals surface area contributed by atoms with Gasteiger partial charge in [-0.3, -0.25) is 14.2 Å². The summed E-state index contributed by atoms with van der Waals surface area (Å²) >= 11 is 1.29. The lowest BCUT2D eigenvalue weighted by Gasteiger charge is -2.16. The lowest BCUT2D eigenvalue weighted by molar-refractivity contribution is -0.142. The number of amides is 1. The predicted octanol–water partition coefficient (Wildman–Crippen LogP) is 1.59. The van der Waals surface area contributed by atoms with Gasteiger partial charge in [-0.05, 0) is 26.0 Å². The number of esters is 1. The summed E-state index contributed by atoms with van der Waals surface area (Å²) in [6.45, 7) is 4.24. The van der Waals surface area contributed by atoms with Crippen molar-refractivity contribution in [2.24, 2.45) is 0 Å². The number of thioether (sulfide) groups is 1. The third-order valence-corrected chi connectivity index (χ3v) is 4.43. The molecule has 0 spiro atoms. The first kappa shape index (κ1) is 19.0. The Hall–Kier alpha value is -2.29. The molecule has 1 amide bonds. The second-order valence-electron chi connectivity index (χ2n) is 5.54. The summed E-state index contributed by atoms with van der Waals surface area (Å²) in [5, 5.41) is 8.47. The monoisotopic (exact) mass is 366 g/mol. The van der Waals surface area contributed by atoms with Gasteiger partial charge in [0.2, 0.25) is 5.91 Å². The highest BCUT2D eigenvalue weighted by Crippen LogP contribution is 2.24. The van der Waals surface area contributed by atoms with E-state index in [1.54, 1.807) is 37.9 Å². The molecule has 0 aliphatic rings. The van der Waals surface area contributed by atoms with Gasteiger partial charge in [-0.2, -0.15) is 0 Å². The van der Waals surface area contributed by atoms with E-state index in [4.69, 9.17) is 9.15 Å². The minimum atomic E-state index is -0.371. The number of furan rings is 1. The average molecular weight is 366 g/mol. The minimum absolute atomic E-state index is 0.0120. The number of ether oxygens (including phenoxy) is 1. The normalized spacial score (nSPS) is 12.0. The second kappa shape index (κ2) is 8.70. The van der Waals surface area contributed by atoms with E-state index in [9.17, 15) is 9.59 Å². The van der Waals surface area contributed by atoms with Crippen molar-refractivity contribution in [3.05, 3.63) is 30.0 Å². The van der Waals surface area contributed by atoms with Crippen LogP contribution < -0.4 is 0 Å². The maximum absolute atomic E-state index is 12.1. The third kappa shape index (κ3) is 5.09. The third-order valence-electron chi connectivity index (χ3n) is 3.37. The molecule has 2 heterocycles. The van der Waals surface area contributed by atoms with Gasteiger partial charge in [0.15, 0.2) is 5.16 Å². The number of hydrogen-bond acceptors (Lipinski definition) is 7. The molecular weight excluding hydrogens is 344 g/mol. The van der Waals surface area contributed by atoms with E-state index in [0.717, 1.165) is 0 Å². The molecule has 0 aromatic carbocycles. The number of rotatable bonds is 8. The maximum atomic E-state index is 12.1. The Balaban J connectivity index is 2.24. The van der Waals surface area contributed by atoms with Crippen LogP contribution in [-0.2, 0) is 27.3 Å². The molecule has 0 aliphatic heterocycles. The largest absolute Gasteiger partial charge is 0.467 e. The summed E-state index contributed by atoms with van der Waals surface area (Å²) in [6.07, 6.45) is 1.59. The topological polar surface area (TPSA) is 90.5 Å². The Labute approximate surface area is 150 Å². The molecule has 2 aromatic rings. The molecule has 0 saturated carbocycles. The Morgan fingerprint density at radius 2 is 2.16 bits per heavy atom. The zero-order valence-corrected chi connectivity index (χ0v) is 15.6. The zero-order valence-electron chi connectivity index (χ0n) is 14.8. The van der Waals surface area contributed by atoms with Gasteiger partial charge in [0.05, 0.1) is 24.7 Å². The van der Waals surface area contributed by atoms with Gasteiger partial charge in [0.1, 0.15) is 18.0 Å². The molecular formula is C16H22N4O4S. The van der Waals surface area contributed by atoms with Gasteiger partial charge in [-0.15, -0.1) is 10.2 Å². The molecule has 0 aliphatic carbocycles. The summed E-state index contributed by atoms with van der Waals surface area (Å²) in [5.41, 5.74) is 0. The lowest BCUT2D eigenvalue weighted by atomic mass is 10.4. The number of hydrogen-bond donors (Lipinski definition) is 0. The van der Waals surface area contributed by atoms with Crippen LogP contribution in [0.4, 0.5) is 0 Å². The molecule has 2 rings (SSSR count). The van der Waals surface area contributed by atoms with Gasteiger partial charge in [-0.1, -0.05) is 11.8 Å². The van der Waals surface area contributed by atoms with Crippen molar-refractivity contribution in [2.45, 2.75) is 37.2 Å². The SMILES string of the molecule is CCOC(=O)Cc1nnc(SC(C)C(=O)N(C)C)n1Cc1ccco1. The predicted molar refractivity (Wildman–Crippen MR) is 92.2 cm³/mol. The first-order chi connectivity index (χ1) is 11.9. The van der Waals surface area contributed by atoms with Gasteiger partial charge in [0, 0.05) is 14.1 Å². The number of carbonyl (C=O) groups is 2. The van der Waals surface area contributed by atoms with E-state index in [0.29, 0.717) is 29.9 Å². The van der Waals surface area contributed by atoms with E-state index in [2.05, 4.69) is 10.2 Å². The molecule has 1 atom stereocenters. The van der Waals surface area contributed by atoms with E-state index in [-0.39, 0.29) is 23.5 Å². The van der Waals surface area contributed by atoms with Gasteiger partial charge in [0.25, 0.3) is 0 Å². The first-order valence-corrected chi connectivity index (χ1v) is 8.78. The molecule has 0 saturated heterocycles. The summed E-state index contributed by atoms with van der Waals surface area (Å²) < 4.78 is 12.1. The highest BCUT2D eigenvalue weighted by molar-refractivity contribution is 8.00. The first-order valence-electron chi connectivity index (χ1n) is 7.90. The molecule has 0 fully saturated rings. The molecule has 9 heteroatoms. The highest BCUT2D eigenvalue weighted by atomic mass is 32.2. The van der Waals surface area contributed by atoms with E-state index >= 15 is 0 Å². The highest BCUT2D eigenvalue weighted by Gasteiger charge is 2.23. The fourth-order valence-corrected chi connectivity index (χ4v) is 3.18. The van der Waals surface area contributed by atoms with Crippen LogP contribution in [0.3, 0.4) is 0 Å². The van der Waals surface area contributed by atoms with Gasteiger partial charge in [-0.25, -0.2) is 0 Å². The summed E-state index contributed by atoms with van der Waals surface area (Å²) in [6, 6.07) is 3.62. The van der Waals surface area contributed by atoms with E-state index < -0.39 is 0 Å². The standard InChI is InChI=1S/C16H22N4O4S/c1-5-23-14(21)9-13-17-18-16(25-11(2)15(22)19(3)4)20(13)10-12-7-6-8-24-12/h6-8,11H,5,9-10H2,1-4H3. The van der Waals surface area contributed by atoms with Crippen molar-refractivity contribution in [1.82, 2.24) is 19.7 Å². The zero-order chi connectivity index (χ0) is 18.4. The lowest BCUT2D eigenvalue weighted by Crippen LogP contribution is -2.30. The smallest absolute Gasteiger partial charge is 0.313 e. The van der Waals surface area contributed by atoms with Crippen LogP contribution in [0.2, 0.25) is 0 Å². The Bertz CT molecular complexity index is 712. The maximum Gasteiger partial charge on any atom is 0.313 e. The quantitative estimate of drug-likeness (QED) is 0.517. The molecule has 0 N–H and O–H groups in total. The summed E-state index contributed by atoms with van der Waals surface area (Å²) in [4.78, 5) is 25.4. The number of aromatic nitrogens is 3. The minimum Gasteiger partial charge on any atom is -0.467 e. The van der Waals surface area contributed by atoms with Crippen molar-refractivity contribution in [2.75, 3.05) is 20.7 Å². The van der Waals surface area contributed by atoms with Crippen LogP contribution in [0.15, 0.2) is 28.0 Å². The fourth-order valence-electron chi connectivity index (χ4n) is 2.17. The van der Waals surface area contributed by atoms with Crippen molar-refractivity contribution >= 4 is 23.6 Å². The van der Waals surface area contributed by atoms with Crippen molar-refractivity contribution in [3.63, 3.8) is 0 Å². The Morgan fingerprint density at radius 1 is 1.40 bits per heavy atom. The molecule has 1 unspecified atom stereocenters. The fraction of sp³-hybridized carbons (Fsp3) is 0.500. The molecule has 8 nitrogen and oxygen atoms in total. The van der Waals surface area contributed by atoms with Crippen molar-refractivity contribution in [3.8, 4) is 0 Å². The van der Waals surface area contributed by atoms with Crippen molar-refractivity contribution < 1.29 is 18.7 Å². The van der Waals surface area contributed by atoms with Crippen LogP contribution in [0, 0.1) is 0 Å². The Kier molecular flexibility index (Phi) is 6.63. The molecule has 0 radical (unpaired) electrons. The summed E-state index contributed by atoms with van der Waals surface area (Å²) in [7, 11) is 3.41. The van der Waals surface area contributed by atoms with E-state index in [1.165, 1.54) is 16.7 Å². The second-order valence-corrected chi connectivity index (χ2v) is 6.85. The van der Waals surface area contributed by atoms with Gasteiger partial charge < -0.3 is 14.1 Å². The number of nitrogens with zero attached hydrogens (tertiary/aromatic N) is 4. The van der Waals surface area contributed by atoms with E-state index in [1.807, 2.05) is 13.0 Å². The van der Waals surface area contributed by atoms with Crippen molar-refractivity contribution in [1.29, 1.82) is 0 Å². The Morgan fingerprint density at radius 3 is 2.76 bits per heavy atom. The van der Waals surface area contributed by atoms with Gasteiger partial charge >= 0.3 is 5.97 Å². The molecule has 25 heavy (non-hydrogen) atoms. The number of carbonyl (C=O) groups excluding carboxylic acids is 2. The molecule has 136 valence electrons. The van der Waals surface area contributed by atoms with Crippen LogP contribution in [0.1, 0.15) is 25.4 Å². The van der Waals surface area contributed by atoms with Crippen LogP contribution >= 0.6 is 11.8 Å². The molecule has 2 aromatic heterocycles. The summed E-state index contributed by atoms with van der Waals surface area (Å²) in [5.74, 6) is 0.786.